The number of hydrogen-bond acceptors (Lipinski definition) is 13. The molecule has 2 atom stereocenters. The molecule has 2 aromatic rings. The number of aliphatic carboxylic acids is 2. The minimum Gasteiger partial charge on any atom is -0.504 e. The number of phenolic OH excluding ortho intramolecular Hbond substituents is 2. The molecule has 1 aromatic heterocycles. The second-order valence-electron chi connectivity index (χ2n) is 11.3. The summed E-state index contributed by atoms with van der Waals surface area (Å²) in [5, 5.41) is 46.4. The number of carbonyl (C=O) groups excluding carboxylic acids is 3. The van der Waals surface area contributed by atoms with Crippen LogP contribution in [0.2, 0.25) is 9.36 Å². The van der Waals surface area contributed by atoms with E-state index in [1.165, 1.54) is 17.8 Å². The summed E-state index contributed by atoms with van der Waals surface area (Å²) in [6, 6.07) is 1.29. The molecule has 49 heavy (non-hydrogen) atoms. The molecule has 262 valence electrons. The van der Waals surface area contributed by atoms with Gasteiger partial charge in [0.1, 0.15) is 33.7 Å². The number of likely N-dealkylation sites (tertiary alicyclic amines) is 1. The smallest absolute Gasteiger partial charge is 0.352 e. The van der Waals surface area contributed by atoms with Gasteiger partial charge in [0.05, 0.1) is 36.8 Å². The number of fused-ring (bicyclic) bond motifs is 1. The Bertz CT molecular complexity index is 1780. The number of benzene rings is 1. The molecule has 5 rings (SSSR count). The molecule has 3 amide bonds. The third-order valence-electron chi connectivity index (χ3n) is 8.17. The number of carboxylic acid groups (broad SMARTS) is 2. The van der Waals surface area contributed by atoms with Crippen molar-refractivity contribution < 1.29 is 53.7 Å². The van der Waals surface area contributed by atoms with Crippen LogP contribution in [0.1, 0.15) is 28.9 Å². The van der Waals surface area contributed by atoms with E-state index in [-0.39, 0.29) is 43.7 Å². The summed E-state index contributed by atoms with van der Waals surface area (Å²) < 4.78 is 0.434. The Hall–Kier alpha value is -4.30. The lowest BCUT2D eigenvalue weighted by atomic mass is 10.0. The number of anilines is 1. The number of nitrogens with two attached hydrogens (primary N) is 1. The molecule has 8 N–H and O–H groups in total. The number of oxime groups is 1. The topological polar surface area (TPSA) is 254 Å². The summed E-state index contributed by atoms with van der Waals surface area (Å²) >= 11 is 14.3. The first kappa shape index (κ1) is 36.0. The van der Waals surface area contributed by atoms with Crippen LogP contribution in [0.4, 0.5) is 5.13 Å². The van der Waals surface area contributed by atoms with Crippen molar-refractivity contribution in [1.82, 2.24) is 20.5 Å². The standard InChI is InChI=1S/C28H29Cl2N7O10S2/c29-16-13(3-4-14(38)21(16)41)23(42)32-5-8-37(6-1-2-7-37)9-12-11-48-26-19(25(44)36(26)20(12)27(45)46)33-24(43)18(35-47-10-15(39)40)17-22(30)49-28(31)34-17/h3-4,19,26H,1-2,5-11H2,(H7-,31,32,33,34,35,38,39,40,41,42,43,45,46)/p+1/t19-,26-/m1/s1. The molecule has 21 heteroatoms. The predicted octanol–water partition coefficient (Wildman–Crippen LogP) is 1.03. The number of nitrogens with zero attached hydrogens (tertiary/aromatic N) is 4. The number of thioether (sulfide) groups is 1. The summed E-state index contributed by atoms with van der Waals surface area (Å²) in [7, 11) is 0. The van der Waals surface area contributed by atoms with Gasteiger partial charge in [-0.1, -0.05) is 39.7 Å². The maximum absolute atomic E-state index is 13.4. The number of hydrogen-bond donors (Lipinski definition) is 7. The summed E-state index contributed by atoms with van der Waals surface area (Å²) in [5.41, 5.74) is 5.33. The maximum atomic E-state index is 13.4. The fraction of sp³-hybridized carbons (Fsp3) is 0.393. The Kier molecular flexibility index (Phi) is 10.8. The molecule has 4 heterocycles. The van der Waals surface area contributed by atoms with E-state index in [4.69, 9.17) is 38.9 Å². The largest absolute Gasteiger partial charge is 0.504 e. The Balaban J connectivity index is 1.29. The number of amides is 3. The molecule has 0 unspecified atom stereocenters. The van der Waals surface area contributed by atoms with Gasteiger partial charge in [-0.2, -0.15) is 0 Å². The summed E-state index contributed by atoms with van der Waals surface area (Å²) in [6.45, 7) is 1.50. The van der Waals surface area contributed by atoms with E-state index in [0.717, 1.165) is 35.1 Å². The van der Waals surface area contributed by atoms with Gasteiger partial charge in [0.2, 0.25) is 6.61 Å². The highest BCUT2D eigenvalue weighted by molar-refractivity contribution is 8.00. The molecule has 2 fully saturated rings. The van der Waals surface area contributed by atoms with Crippen molar-refractivity contribution in [1.29, 1.82) is 0 Å². The molecule has 17 nitrogen and oxygen atoms in total. The molecule has 0 saturated carbocycles. The lowest BCUT2D eigenvalue weighted by Crippen LogP contribution is -2.71. The van der Waals surface area contributed by atoms with Crippen LogP contribution < -0.4 is 16.4 Å². The third kappa shape index (κ3) is 7.49. The number of carboxylic acids is 2. The average Bonchev–Trinajstić information content (AvgIpc) is 3.64. The molecule has 3 aliphatic rings. The Morgan fingerprint density at radius 1 is 1.16 bits per heavy atom. The van der Waals surface area contributed by atoms with Crippen molar-refractivity contribution in [2.75, 3.05) is 50.8 Å². The number of rotatable bonds is 13. The van der Waals surface area contributed by atoms with Gasteiger partial charge in [-0.15, -0.1) is 11.8 Å². The van der Waals surface area contributed by atoms with Gasteiger partial charge < -0.3 is 46.1 Å². The van der Waals surface area contributed by atoms with Crippen molar-refractivity contribution >= 4 is 86.8 Å². The maximum Gasteiger partial charge on any atom is 0.352 e. The van der Waals surface area contributed by atoms with Crippen molar-refractivity contribution in [2.24, 2.45) is 5.16 Å². The molecule has 0 radical (unpaired) electrons. The van der Waals surface area contributed by atoms with Crippen LogP contribution in [0.5, 0.6) is 11.5 Å². The SMILES string of the molecule is Nc1nc(/C(=N/OCC(=O)O)C(=O)N[C@@H]2C(=O)N3C(C(=O)O)=C(C[N+]4(CCNC(=O)c5ccc(O)c(O)c5Cl)CCCC4)CS[C@H]23)c(Cl)s1. The van der Waals surface area contributed by atoms with Crippen LogP contribution in [0.25, 0.3) is 0 Å². The molecular weight excluding hydrogens is 729 g/mol. The van der Waals surface area contributed by atoms with Crippen molar-refractivity contribution in [2.45, 2.75) is 24.3 Å². The quantitative estimate of drug-likeness (QED) is 0.0496. The number of quaternary nitrogens is 1. The van der Waals surface area contributed by atoms with Crippen molar-refractivity contribution in [3.8, 4) is 11.5 Å². The van der Waals surface area contributed by atoms with E-state index in [2.05, 4.69) is 20.8 Å². The number of thiazole rings is 1. The highest BCUT2D eigenvalue weighted by atomic mass is 35.5. The van der Waals surface area contributed by atoms with E-state index in [0.29, 0.717) is 36.2 Å². The van der Waals surface area contributed by atoms with Gasteiger partial charge >= 0.3 is 11.9 Å². The van der Waals surface area contributed by atoms with Crippen LogP contribution in [-0.4, -0.2) is 127 Å². The zero-order valence-electron chi connectivity index (χ0n) is 25.4. The van der Waals surface area contributed by atoms with Crippen LogP contribution in [-0.2, 0) is 24.0 Å². The average molecular weight is 760 g/mol. The third-order valence-corrected chi connectivity index (χ3v) is 11.0. The summed E-state index contributed by atoms with van der Waals surface area (Å²) in [4.78, 5) is 72.7. The van der Waals surface area contributed by atoms with Gasteiger partial charge in [0.25, 0.3) is 17.7 Å². The molecule has 3 aliphatic heterocycles. The number of aromatic nitrogens is 1. The number of nitrogens with one attached hydrogen (secondary N) is 2. The Morgan fingerprint density at radius 3 is 2.51 bits per heavy atom. The van der Waals surface area contributed by atoms with Crippen LogP contribution in [0, 0.1) is 0 Å². The first-order valence-electron chi connectivity index (χ1n) is 14.6. The molecule has 1 aromatic carbocycles. The number of phenols is 2. The molecular formula is C28H30Cl2N7O10S2+. The highest BCUT2D eigenvalue weighted by Gasteiger charge is 2.55. The van der Waals surface area contributed by atoms with Gasteiger partial charge in [-0.05, 0) is 12.1 Å². The minimum absolute atomic E-state index is 0.000855. The van der Waals surface area contributed by atoms with Crippen LogP contribution >= 0.6 is 46.3 Å². The highest BCUT2D eigenvalue weighted by Crippen LogP contribution is 2.42. The van der Waals surface area contributed by atoms with E-state index in [1.54, 1.807) is 0 Å². The van der Waals surface area contributed by atoms with Crippen molar-refractivity contribution in [3.05, 3.63) is 44.0 Å². The molecule has 0 spiro atoms. The van der Waals surface area contributed by atoms with E-state index in [1.807, 2.05) is 0 Å². The fourth-order valence-electron chi connectivity index (χ4n) is 5.93. The summed E-state index contributed by atoms with van der Waals surface area (Å²) in [5.74, 6) is -5.68. The predicted molar refractivity (Wildman–Crippen MR) is 177 cm³/mol. The number of carbonyl (C=O) groups is 5. The first-order valence-corrected chi connectivity index (χ1v) is 17.2. The minimum atomic E-state index is -1.36. The molecule has 0 aliphatic carbocycles. The van der Waals surface area contributed by atoms with Gasteiger partial charge in [0.15, 0.2) is 22.3 Å². The number of aromatic hydroxyl groups is 2. The van der Waals surface area contributed by atoms with E-state index in [9.17, 15) is 39.3 Å². The normalized spacial score (nSPS) is 20.0. The Morgan fingerprint density at radius 2 is 1.88 bits per heavy atom. The second-order valence-corrected chi connectivity index (χ2v) is 14.4. The summed E-state index contributed by atoms with van der Waals surface area (Å²) in [6.07, 6.45) is 1.76. The zero-order chi connectivity index (χ0) is 35.6. The number of β-lactam (4-membered cyclic amide) rings is 1. The zero-order valence-corrected chi connectivity index (χ0v) is 28.5. The first-order chi connectivity index (χ1) is 23.2. The van der Waals surface area contributed by atoms with E-state index < -0.39 is 64.9 Å². The van der Waals surface area contributed by atoms with Gasteiger partial charge in [-0.25, -0.2) is 14.6 Å². The van der Waals surface area contributed by atoms with E-state index >= 15 is 0 Å². The number of halogens is 2. The monoisotopic (exact) mass is 758 g/mol. The molecule has 0 bridgehead atoms. The lowest BCUT2D eigenvalue weighted by Gasteiger charge is -2.50. The van der Waals surface area contributed by atoms with Gasteiger partial charge in [-0.3, -0.25) is 19.3 Å². The Labute approximate surface area is 295 Å². The number of nitrogen functional groups attached to an aromatic ring is 1. The van der Waals surface area contributed by atoms with Crippen LogP contribution in [0.15, 0.2) is 28.6 Å². The lowest BCUT2D eigenvalue weighted by molar-refractivity contribution is -0.911. The fourth-order valence-corrected chi connectivity index (χ4v) is 8.43. The van der Waals surface area contributed by atoms with Crippen molar-refractivity contribution in [3.63, 3.8) is 0 Å². The van der Waals surface area contributed by atoms with Crippen LogP contribution in [0.3, 0.4) is 0 Å². The van der Waals surface area contributed by atoms with Gasteiger partial charge in [0, 0.05) is 24.2 Å². The molecule has 2 saturated heterocycles. The second kappa shape index (κ2) is 14.7.